The predicted octanol–water partition coefficient (Wildman–Crippen LogP) is -0.168. The van der Waals surface area contributed by atoms with Crippen molar-refractivity contribution in [3.8, 4) is 0 Å². The molecule has 1 aliphatic carbocycles. The SMILES string of the molecule is Cn1cnc(N)c1S(=O)(=O)NC1CCCCC1CO. The lowest BCUT2D eigenvalue weighted by molar-refractivity contribution is 0.164. The van der Waals surface area contributed by atoms with Gasteiger partial charge in [0.2, 0.25) is 0 Å². The lowest BCUT2D eigenvalue weighted by atomic mass is 9.86. The van der Waals surface area contributed by atoms with Gasteiger partial charge in [-0.2, -0.15) is 0 Å². The van der Waals surface area contributed by atoms with Crippen molar-refractivity contribution in [1.82, 2.24) is 14.3 Å². The molecule has 2 atom stereocenters. The largest absolute Gasteiger partial charge is 0.396 e. The summed E-state index contributed by atoms with van der Waals surface area (Å²) in [4.78, 5) is 3.79. The second-order valence-corrected chi connectivity index (χ2v) is 6.63. The topological polar surface area (TPSA) is 110 Å². The number of nitrogen functional groups attached to an aromatic ring is 1. The lowest BCUT2D eigenvalue weighted by Gasteiger charge is -2.30. The average Bonchev–Trinajstić information content (AvgIpc) is 2.70. The minimum absolute atomic E-state index is 0.00590. The molecule has 1 aliphatic rings. The highest BCUT2D eigenvalue weighted by Crippen LogP contribution is 2.26. The van der Waals surface area contributed by atoms with Gasteiger partial charge in [0.1, 0.15) is 0 Å². The molecule has 8 heteroatoms. The van der Waals surface area contributed by atoms with Gasteiger partial charge < -0.3 is 15.4 Å². The summed E-state index contributed by atoms with van der Waals surface area (Å²) in [6, 6.07) is -0.238. The Hall–Kier alpha value is -1.12. The average molecular weight is 288 g/mol. The highest BCUT2D eigenvalue weighted by atomic mass is 32.2. The molecule has 2 unspecified atom stereocenters. The summed E-state index contributed by atoms with van der Waals surface area (Å²) in [5.74, 6) is -0.0377. The number of aliphatic hydroxyl groups is 1. The molecule has 1 heterocycles. The number of aromatic nitrogens is 2. The minimum Gasteiger partial charge on any atom is -0.396 e. The van der Waals surface area contributed by atoms with Crippen molar-refractivity contribution in [3.63, 3.8) is 0 Å². The van der Waals surface area contributed by atoms with Gasteiger partial charge in [0, 0.05) is 19.7 Å². The molecule has 19 heavy (non-hydrogen) atoms. The number of hydrogen-bond acceptors (Lipinski definition) is 5. The van der Waals surface area contributed by atoms with Gasteiger partial charge in [-0.05, 0) is 18.8 Å². The molecule has 1 aromatic heterocycles. The van der Waals surface area contributed by atoms with E-state index in [0.717, 1.165) is 25.7 Å². The maximum absolute atomic E-state index is 12.3. The second kappa shape index (κ2) is 5.48. The molecule has 7 nitrogen and oxygen atoms in total. The molecule has 108 valence electrons. The number of rotatable bonds is 4. The summed E-state index contributed by atoms with van der Waals surface area (Å²) in [5.41, 5.74) is 5.60. The van der Waals surface area contributed by atoms with Gasteiger partial charge in [0.15, 0.2) is 10.8 Å². The van der Waals surface area contributed by atoms with E-state index in [4.69, 9.17) is 5.73 Å². The first-order valence-corrected chi connectivity index (χ1v) is 7.84. The molecule has 0 radical (unpaired) electrons. The Labute approximate surface area is 112 Å². The normalized spacial score (nSPS) is 24.5. The summed E-state index contributed by atoms with van der Waals surface area (Å²) < 4.78 is 28.7. The van der Waals surface area contributed by atoms with Crippen LogP contribution in [0.15, 0.2) is 11.4 Å². The molecule has 0 saturated heterocycles. The van der Waals surface area contributed by atoms with Gasteiger partial charge in [-0.1, -0.05) is 12.8 Å². The Kier molecular flexibility index (Phi) is 4.12. The quantitative estimate of drug-likeness (QED) is 0.712. The van der Waals surface area contributed by atoms with E-state index in [-0.39, 0.29) is 29.4 Å². The number of nitrogens with one attached hydrogen (secondary N) is 1. The summed E-state index contributed by atoms with van der Waals surface area (Å²) in [6.07, 6.45) is 4.93. The Balaban J connectivity index is 2.21. The van der Waals surface area contributed by atoms with Crippen molar-refractivity contribution < 1.29 is 13.5 Å². The van der Waals surface area contributed by atoms with E-state index in [2.05, 4.69) is 9.71 Å². The Bertz CT molecular complexity index is 521. The van der Waals surface area contributed by atoms with Crippen molar-refractivity contribution in [2.24, 2.45) is 13.0 Å². The zero-order chi connectivity index (χ0) is 14.0. The Morgan fingerprint density at radius 1 is 1.53 bits per heavy atom. The van der Waals surface area contributed by atoms with Crippen LogP contribution in [0.4, 0.5) is 5.82 Å². The molecule has 0 bridgehead atoms. The van der Waals surface area contributed by atoms with Crippen LogP contribution >= 0.6 is 0 Å². The van der Waals surface area contributed by atoms with E-state index >= 15 is 0 Å². The lowest BCUT2D eigenvalue weighted by Crippen LogP contribution is -2.43. The van der Waals surface area contributed by atoms with E-state index in [0.29, 0.717) is 0 Å². The number of aryl methyl sites for hydroxylation is 1. The van der Waals surface area contributed by atoms with Crippen LogP contribution in [0.1, 0.15) is 25.7 Å². The number of aliphatic hydroxyl groups excluding tert-OH is 1. The third-order valence-electron chi connectivity index (χ3n) is 3.61. The van der Waals surface area contributed by atoms with Crippen LogP contribution in [0.5, 0.6) is 0 Å². The molecule has 0 aromatic carbocycles. The van der Waals surface area contributed by atoms with Crippen molar-refractivity contribution in [2.45, 2.75) is 36.8 Å². The van der Waals surface area contributed by atoms with Crippen molar-refractivity contribution in [1.29, 1.82) is 0 Å². The molecule has 0 amide bonds. The highest BCUT2D eigenvalue weighted by molar-refractivity contribution is 7.89. The molecule has 1 saturated carbocycles. The van der Waals surface area contributed by atoms with Crippen LogP contribution < -0.4 is 10.5 Å². The fraction of sp³-hybridized carbons (Fsp3) is 0.727. The highest BCUT2D eigenvalue weighted by Gasteiger charge is 2.31. The third kappa shape index (κ3) is 2.90. The van der Waals surface area contributed by atoms with Gasteiger partial charge in [-0.15, -0.1) is 0 Å². The van der Waals surface area contributed by atoms with Gasteiger partial charge in [0.25, 0.3) is 10.0 Å². The zero-order valence-corrected chi connectivity index (χ0v) is 11.7. The maximum atomic E-state index is 12.3. The van der Waals surface area contributed by atoms with E-state index in [1.54, 1.807) is 7.05 Å². The van der Waals surface area contributed by atoms with Crippen LogP contribution in [-0.2, 0) is 17.1 Å². The van der Waals surface area contributed by atoms with Crippen LogP contribution in [0.3, 0.4) is 0 Å². The molecule has 2 rings (SSSR count). The molecule has 0 spiro atoms. The number of imidazole rings is 1. The van der Waals surface area contributed by atoms with Gasteiger partial charge in [-0.3, -0.25) is 0 Å². The fourth-order valence-electron chi connectivity index (χ4n) is 2.60. The summed E-state index contributed by atoms with van der Waals surface area (Å²) in [6.45, 7) is -0.00590. The third-order valence-corrected chi connectivity index (χ3v) is 5.23. The van der Waals surface area contributed by atoms with Crippen LogP contribution in [0.2, 0.25) is 0 Å². The first-order chi connectivity index (χ1) is 8.95. The number of nitrogens with zero attached hydrogens (tertiary/aromatic N) is 2. The first kappa shape index (κ1) is 14.3. The van der Waals surface area contributed by atoms with Crippen molar-refractivity contribution in [3.05, 3.63) is 6.33 Å². The first-order valence-electron chi connectivity index (χ1n) is 6.35. The van der Waals surface area contributed by atoms with Gasteiger partial charge in [0.05, 0.1) is 6.33 Å². The fourth-order valence-corrected chi connectivity index (χ4v) is 4.18. The minimum atomic E-state index is -3.71. The summed E-state index contributed by atoms with van der Waals surface area (Å²) in [7, 11) is -2.12. The molecule has 1 fully saturated rings. The van der Waals surface area contributed by atoms with Gasteiger partial charge >= 0.3 is 0 Å². The maximum Gasteiger partial charge on any atom is 0.260 e. The number of nitrogens with two attached hydrogens (primary N) is 1. The summed E-state index contributed by atoms with van der Waals surface area (Å²) >= 11 is 0. The molecule has 4 N–H and O–H groups in total. The number of anilines is 1. The molecular formula is C11H20N4O3S. The van der Waals surface area contributed by atoms with Crippen molar-refractivity contribution in [2.75, 3.05) is 12.3 Å². The van der Waals surface area contributed by atoms with E-state index < -0.39 is 10.0 Å². The van der Waals surface area contributed by atoms with Crippen molar-refractivity contribution >= 4 is 15.8 Å². The van der Waals surface area contributed by atoms with E-state index in [1.807, 2.05) is 0 Å². The number of hydrogen-bond donors (Lipinski definition) is 3. The van der Waals surface area contributed by atoms with Crippen LogP contribution in [-0.4, -0.2) is 35.7 Å². The predicted molar refractivity (Wildman–Crippen MR) is 70.8 cm³/mol. The van der Waals surface area contributed by atoms with Crippen LogP contribution in [0.25, 0.3) is 0 Å². The van der Waals surface area contributed by atoms with Gasteiger partial charge in [-0.25, -0.2) is 18.1 Å². The zero-order valence-electron chi connectivity index (χ0n) is 10.9. The molecule has 1 aromatic rings. The van der Waals surface area contributed by atoms with E-state index in [9.17, 15) is 13.5 Å². The Morgan fingerprint density at radius 2 is 2.21 bits per heavy atom. The number of sulfonamides is 1. The smallest absolute Gasteiger partial charge is 0.260 e. The second-order valence-electron chi connectivity index (χ2n) is 5.00. The van der Waals surface area contributed by atoms with E-state index in [1.165, 1.54) is 10.9 Å². The summed E-state index contributed by atoms with van der Waals surface area (Å²) in [5, 5.41) is 9.30. The monoisotopic (exact) mass is 288 g/mol. The molecular weight excluding hydrogens is 268 g/mol. The Morgan fingerprint density at radius 3 is 2.79 bits per heavy atom. The van der Waals surface area contributed by atoms with Crippen LogP contribution in [0, 0.1) is 5.92 Å². The standard InChI is InChI=1S/C11H20N4O3S/c1-15-7-13-10(12)11(15)19(17,18)14-9-5-3-2-4-8(9)6-16/h7-9,14,16H,2-6,12H2,1H3. The molecule has 0 aliphatic heterocycles.